The molecule has 0 bridgehead atoms. The number of piperazine rings is 1. The first-order chi connectivity index (χ1) is 19.0. The fourth-order valence-electron chi connectivity index (χ4n) is 5.59. The van der Waals surface area contributed by atoms with Crippen molar-refractivity contribution in [3.63, 3.8) is 0 Å². The number of halogens is 2. The lowest BCUT2D eigenvalue weighted by Gasteiger charge is -2.33. The number of likely N-dealkylation sites (tertiary alicyclic amines) is 1. The smallest absolute Gasteiger partial charge is 0.319 e. The Bertz CT molecular complexity index is 1580. The third-order valence-corrected chi connectivity index (χ3v) is 8.08. The van der Waals surface area contributed by atoms with Gasteiger partial charge in [0.15, 0.2) is 5.82 Å². The van der Waals surface area contributed by atoms with Gasteiger partial charge in [0.25, 0.3) is 0 Å². The SMILES string of the molecule is CN1CCC[C@H]1COc1nc(N2CCN[C@@H](CC#N)C2)c2ncc(-c3cccc4ccc(F)c(Cl)c34)cc2n1. The largest absolute Gasteiger partial charge is 0.462 e. The molecule has 4 heterocycles. The number of pyridine rings is 1. The monoisotopic (exact) mass is 545 g/mol. The maximum Gasteiger partial charge on any atom is 0.319 e. The van der Waals surface area contributed by atoms with E-state index in [-0.39, 0.29) is 11.1 Å². The van der Waals surface area contributed by atoms with Crippen LogP contribution in [0.15, 0.2) is 42.6 Å². The molecule has 6 rings (SSSR count). The molecule has 39 heavy (non-hydrogen) atoms. The van der Waals surface area contributed by atoms with E-state index in [0.29, 0.717) is 53.9 Å². The molecule has 2 aromatic carbocycles. The topological polar surface area (TPSA) is 90.2 Å². The van der Waals surface area contributed by atoms with Gasteiger partial charge in [0.1, 0.15) is 17.9 Å². The number of fused-ring (bicyclic) bond motifs is 2. The normalized spacial score (nSPS) is 20.0. The summed E-state index contributed by atoms with van der Waals surface area (Å²) in [6.45, 7) is 3.65. The van der Waals surface area contributed by atoms with Gasteiger partial charge in [-0.1, -0.05) is 35.9 Å². The summed E-state index contributed by atoms with van der Waals surface area (Å²) in [6.07, 6.45) is 4.40. The highest BCUT2D eigenvalue weighted by atomic mass is 35.5. The van der Waals surface area contributed by atoms with Crippen molar-refractivity contribution < 1.29 is 9.13 Å². The molecule has 0 unspecified atom stereocenters. The highest BCUT2D eigenvalue weighted by Gasteiger charge is 2.26. The third kappa shape index (κ3) is 5.08. The van der Waals surface area contributed by atoms with E-state index in [0.717, 1.165) is 49.0 Å². The molecule has 2 atom stereocenters. The molecule has 2 fully saturated rings. The molecule has 4 aromatic rings. The quantitative estimate of drug-likeness (QED) is 0.369. The highest BCUT2D eigenvalue weighted by Crippen LogP contribution is 2.37. The van der Waals surface area contributed by atoms with E-state index in [1.54, 1.807) is 12.3 Å². The number of anilines is 1. The molecule has 0 spiro atoms. The van der Waals surface area contributed by atoms with Crippen LogP contribution in [0.1, 0.15) is 19.3 Å². The predicted octanol–water partition coefficient (Wildman–Crippen LogP) is 4.80. The Hall–Kier alpha value is -3.58. The van der Waals surface area contributed by atoms with Crippen LogP contribution in [0.3, 0.4) is 0 Å². The Labute approximate surface area is 231 Å². The Morgan fingerprint density at radius 3 is 2.95 bits per heavy atom. The first-order valence-corrected chi connectivity index (χ1v) is 13.6. The number of rotatable bonds is 6. The van der Waals surface area contributed by atoms with Crippen LogP contribution in [0.5, 0.6) is 6.01 Å². The minimum atomic E-state index is -0.465. The lowest BCUT2D eigenvalue weighted by molar-refractivity contribution is 0.188. The number of hydrogen-bond acceptors (Lipinski definition) is 8. The zero-order chi connectivity index (χ0) is 26.9. The van der Waals surface area contributed by atoms with Crippen LogP contribution < -0.4 is 15.0 Å². The van der Waals surface area contributed by atoms with E-state index >= 15 is 0 Å². The number of aromatic nitrogens is 3. The van der Waals surface area contributed by atoms with Crippen molar-refractivity contribution in [1.29, 1.82) is 5.26 Å². The molecule has 2 saturated heterocycles. The number of nitrogens with one attached hydrogen (secondary N) is 1. The average Bonchev–Trinajstić information content (AvgIpc) is 3.37. The molecule has 2 aliphatic rings. The highest BCUT2D eigenvalue weighted by molar-refractivity contribution is 6.36. The molecule has 0 saturated carbocycles. The Morgan fingerprint density at radius 2 is 2.13 bits per heavy atom. The van der Waals surface area contributed by atoms with Crippen molar-refractivity contribution in [2.24, 2.45) is 0 Å². The molecular weight excluding hydrogens is 517 g/mol. The summed E-state index contributed by atoms with van der Waals surface area (Å²) in [5.74, 6) is 0.223. The van der Waals surface area contributed by atoms with E-state index in [1.807, 2.05) is 24.3 Å². The molecule has 0 aliphatic carbocycles. The standard InChI is InChI=1S/C29H29ClFN7O/c1-37-12-3-5-21(37)17-39-29-35-24-14-19(22-6-2-4-18-7-8-23(31)26(30)25(18)22)15-34-27(24)28(36-29)38-13-11-33-20(16-38)9-10-32/h2,4,6-8,14-15,20-21,33H,3,5,9,11-13,16-17H2,1H3/t20-,21-/m0/s1. The molecule has 200 valence electrons. The second-order valence-corrected chi connectivity index (χ2v) is 10.6. The van der Waals surface area contributed by atoms with Crippen LogP contribution >= 0.6 is 11.6 Å². The summed E-state index contributed by atoms with van der Waals surface area (Å²) in [7, 11) is 2.11. The summed E-state index contributed by atoms with van der Waals surface area (Å²) in [4.78, 5) is 18.8. The van der Waals surface area contributed by atoms with Gasteiger partial charge in [-0.25, -0.2) is 4.39 Å². The lowest BCUT2D eigenvalue weighted by atomic mass is 9.99. The summed E-state index contributed by atoms with van der Waals surface area (Å²) < 4.78 is 20.6. The van der Waals surface area contributed by atoms with Gasteiger partial charge in [0, 0.05) is 48.9 Å². The van der Waals surface area contributed by atoms with Gasteiger partial charge in [0.2, 0.25) is 0 Å². The molecule has 8 nitrogen and oxygen atoms in total. The molecule has 2 aromatic heterocycles. The van der Waals surface area contributed by atoms with Crippen molar-refractivity contribution >= 4 is 39.2 Å². The molecule has 1 N–H and O–H groups in total. The number of likely N-dealkylation sites (N-methyl/N-ethyl adjacent to an activating group) is 1. The predicted molar refractivity (Wildman–Crippen MR) is 151 cm³/mol. The summed E-state index contributed by atoms with van der Waals surface area (Å²) in [6, 6.07) is 13.7. The summed E-state index contributed by atoms with van der Waals surface area (Å²) >= 11 is 6.43. The maximum atomic E-state index is 14.4. The molecule has 0 amide bonds. The summed E-state index contributed by atoms with van der Waals surface area (Å²) in [5.41, 5.74) is 2.83. The van der Waals surface area contributed by atoms with Crippen molar-refractivity contribution in [2.45, 2.75) is 31.3 Å². The fourth-order valence-corrected chi connectivity index (χ4v) is 5.86. The minimum absolute atomic E-state index is 0.0391. The van der Waals surface area contributed by atoms with E-state index in [2.05, 4.69) is 28.2 Å². The van der Waals surface area contributed by atoms with E-state index in [9.17, 15) is 9.65 Å². The van der Waals surface area contributed by atoms with Crippen molar-refractivity contribution in [1.82, 2.24) is 25.2 Å². The van der Waals surface area contributed by atoms with Gasteiger partial charge in [-0.15, -0.1) is 0 Å². The molecular formula is C29H29ClFN7O. The number of ether oxygens (including phenoxy) is 1. The molecule has 0 radical (unpaired) electrons. The van der Waals surface area contributed by atoms with Gasteiger partial charge in [-0.05, 0) is 49.5 Å². The van der Waals surface area contributed by atoms with E-state index in [1.165, 1.54) is 6.07 Å². The van der Waals surface area contributed by atoms with Crippen LogP contribution in [-0.2, 0) is 0 Å². The molecule has 10 heteroatoms. The van der Waals surface area contributed by atoms with Crippen LogP contribution in [0.25, 0.3) is 32.9 Å². The number of benzene rings is 2. The van der Waals surface area contributed by atoms with Crippen LogP contribution in [-0.4, -0.2) is 71.8 Å². The van der Waals surface area contributed by atoms with Gasteiger partial charge in [-0.2, -0.15) is 15.2 Å². The second-order valence-electron chi connectivity index (χ2n) is 10.2. The van der Waals surface area contributed by atoms with Gasteiger partial charge >= 0.3 is 6.01 Å². The number of nitrogens with zero attached hydrogens (tertiary/aromatic N) is 6. The van der Waals surface area contributed by atoms with Crippen molar-refractivity contribution in [2.75, 3.05) is 44.7 Å². The number of hydrogen-bond donors (Lipinski definition) is 1. The third-order valence-electron chi connectivity index (χ3n) is 7.71. The first-order valence-electron chi connectivity index (χ1n) is 13.2. The van der Waals surface area contributed by atoms with Crippen LogP contribution in [0.2, 0.25) is 5.02 Å². The second kappa shape index (κ2) is 10.9. The van der Waals surface area contributed by atoms with E-state index in [4.69, 9.17) is 31.3 Å². The summed E-state index contributed by atoms with van der Waals surface area (Å²) in [5, 5.41) is 14.2. The number of nitriles is 1. The van der Waals surface area contributed by atoms with Gasteiger partial charge < -0.3 is 19.9 Å². The van der Waals surface area contributed by atoms with Gasteiger partial charge in [0.05, 0.1) is 23.0 Å². The zero-order valence-electron chi connectivity index (χ0n) is 21.7. The first kappa shape index (κ1) is 25.7. The zero-order valence-corrected chi connectivity index (χ0v) is 22.5. The lowest BCUT2D eigenvalue weighted by Crippen LogP contribution is -2.51. The Balaban J connectivity index is 1.44. The van der Waals surface area contributed by atoms with Gasteiger partial charge in [-0.3, -0.25) is 4.98 Å². The van der Waals surface area contributed by atoms with Crippen LogP contribution in [0, 0.1) is 17.1 Å². The average molecular weight is 546 g/mol. The Kier molecular flexibility index (Phi) is 7.17. The van der Waals surface area contributed by atoms with E-state index < -0.39 is 5.82 Å². The Morgan fingerprint density at radius 1 is 1.23 bits per heavy atom. The van der Waals surface area contributed by atoms with Crippen LogP contribution in [0.4, 0.5) is 10.2 Å². The minimum Gasteiger partial charge on any atom is -0.462 e. The van der Waals surface area contributed by atoms with Crippen molar-refractivity contribution in [3.05, 3.63) is 53.4 Å². The van der Waals surface area contributed by atoms with Crippen molar-refractivity contribution in [3.8, 4) is 23.2 Å². The molecule has 2 aliphatic heterocycles. The maximum absolute atomic E-state index is 14.4. The fraction of sp³-hybridized carbons (Fsp3) is 0.379.